The molecule has 1 fully saturated rings. The van der Waals surface area contributed by atoms with Crippen LogP contribution in [0.4, 0.5) is 30.8 Å². The van der Waals surface area contributed by atoms with E-state index in [-0.39, 0.29) is 5.82 Å². The molecule has 1 aromatic carbocycles. The van der Waals surface area contributed by atoms with E-state index in [9.17, 15) is 13.2 Å². The molecule has 38 heavy (non-hydrogen) atoms. The third-order valence-corrected chi connectivity index (χ3v) is 7.84. The second-order valence-electron chi connectivity index (χ2n) is 9.51. The van der Waals surface area contributed by atoms with Gasteiger partial charge in [-0.25, -0.2) is 9.97 Å². The summed E-state index contributed by atoms with van der Waals surface area (Å²) in [5, 5.41) is 4.36. The predicted molar refractivity (Wildman–Crippen MR) is 144 cm³/mol. The molecule has 2 aliphatic heterocycles. The molecule has 3 aromatic rings. The molecule has 2 aliphatic rings. The topological polar surface area (TPSA) is 60.4 Å². The van der Waals surface area contributed by atoms with Gasteiger partial charge in [0.15, 0.2) is 0 Å². The fraction of sp³-hybridized carbons (Fsp3) is 0.423. The van der Waals surface area contributed by atoms with Gasteiger partial charge in [0.05, 0.1) is 21.3 Å². The number of nitrogens with one attached hydrogen (secondary N) is 1. The number of aromatic nitrogens is 3. The maximum absolute atomic E-state index is 13.7. The minimum Gasteiger partial charge on any atom is -0.366 e. The molecule has 202 valence electrons. The van der Waals surface area contributed by atoms with Crippen molar-refractivity contribution in [1.29, 1.82) is 0 Å². The van der Waals surface area contributed by atoms with Crippen LogP contribution in [0.25, 0.3) is 0 Å². The molecule has 0 saturated carbocycles. The quantitative estimate of drug-likeness (QED) is 0.458. The molecule has 0 amide bonds. The highest BCUT2D eigenvalue weighted by molar-refractivity contribution is 6.42. The van der Waals surface area contributed by atoms with Crippen molar-refractivity contribution in [3.8, 4) is 0 Å². The van der Waals surface area contributed by atoms with Crippen molar-refractivity contribution in [1.82, 2.24) is 19.9 Å². The molecule has 7 nitrogen and oxygen atoms in total. The van der Waals surface area contributed by atoms with Crippen molar-refractivity contribution in [3.63, 3.8) is 0 Å². The smallest absolute Gasteiger partial charge is 0.366 e. The molecule has 0 bridgehead atoms. The number of likely N-dealkylation sites (N-methyl/N-ethyl adjacent to an activating group) is 1. The molecule has 1 N–H and O–H groups in total. The van der Waals surface area contributed by atoms with E-state index < -0.39 is 11.7 Å². The summed E-state index contributed by atoms with van der Waals surface area (Å²) in [4.78, 5) is 20.0. The lowest BCUT2D eigenvalue weighted by Crippen LogP contribution is -2.45. The van der Waals surface area contributed by atoms with Crippen molar-refractivity contribution in [2.45, 2.75) is 25.6 Å². The van der Waals surface area contributed by atoms with Gasteiger partial charge in [0.2, 0.25) is 5.95 Å². The Labute approximate surface area is 229 Å². The molecule has 1 saturated heterocycles. The standard InChI is InChI=1S/C26H28Cl2F3N7/c1-36-12-14-38(15-13-36)25-34-21-8-11-37(24-19(26(29,30)31)5-3-9-32-24)10-7-18(21)23(35-25)33-16-17-4-2-6-20(27)22(17)28/h2-6,9H,7-8,10-16H2,1H3,(H,33,34,35). The zero-order valence-electron chi connectivity index (χ0n) is 20.9. The summed E-state index contributed by atoms with van der Waals surface area (Å²) >= 11 is 12.6. The Balaban J connectivity index is 1.46. The zero-order valence-corrected chi connectivity index (χ0v) is 22.4. The second kappa shape index (κ2) is 11.1. The van der Waals surface area contributed by atoms with E-state index in [1.807, 2.05) is 12.1 Å². The molecule has 0 atom stereocenters. The molecular formula is C26H28Cl2F3N7. The van der Waals surface area contributed by atoms with Gasteiger partial charge in [0.25, 0.3) is 0 Å². The van der Waals surface area contributed by atoms with Crippen LogP contribution in [0.3, 0.4) is 0 Å². The Morgan fingerprint density at radius 3 is 2.45 bits per heavy atom. The van der Waals surface area contributed by atoms with E-state index in [0.717, 1.165) is 49.1 Å². The maximum Gasteiger partial charge on any atom is 0.419 e. The molecule has 5 rings (SSSR count). The number of hydrogen-bond acceptors (Lipinski definition) is 7. The van der Waals surface area contributed by atoms with Crippen LogP contribution in [0.1, 0.15) is 22.4 Å². The highest BCUT2D eigenvalue weighted by Crippen LogP contribution is 2.36. The number of pyridine rings is 1. The van der Waals surface area contributed by atoms with Gasteiger partial charge in [-0.15, -0.1) is 0 Å². The van der Waals surface area contributed by atoms with Crippen LogP contribution < -0.4 is 15.1 Å². The Bertz CT molecular complexity index is 1300. The largest absolute Gasteiger partial charge is 0.419 e. The summed E-state index contributed by atoms with van der Waals surface area (Å²) in [5.74, 6) is 1.23. The summed E-state index contributed by atoms with van der Waals surface area (Å²) in [6.07, 6.45) is -2.15. The van der Waals surface area contributed by atoms with Crippen molar-refractivity contribution in [3.05, 3.63) is 69.0 Å². The van der Waals surface area contributed by atoms with Gasteiger partial charge >= 0.3 is 6.18 Å². The van der Waals surface area contributed by atoms with Crippen molar-refractivity contribution in [2.75, 3.05) is 61.4 Å². The summed E-state index contributed by atoms with van der Waals surface area (Å²) in [7, 11) is 2.08. The molecule has 0 unspecified atom stereocenters. The van der Waals surface area contributed by atoms with Gasteiger partial charge < -0.3 is 20.0 Å². The predicted octanol–water partition coefficient (Wildman–Crippen LogP) is 5.17. The first-order valence-electron chi connectivity index (χ1n) is 12.5. The number of piperazine rings is 1. The highest BCUT2D eigenvalue weighted by atomic mass is 35.5. The van der Waals surface area contributed by atoms with E-state index >= 15 is 0 Å². The van der Waals surface area contributed by atoms with Gasteiger partial charge in [-0.3, -0.25) is 0 Å². The normalized spacial score (nSPS) is 16.8. The summed E-state index contributed by atoms with van der Waals surface area (Å²) in [5.41, 5.74) is 1.82. The van der Waals surface area contributed by atoms with Crippen LogP contribution in [0, 0.1) is 0 Å². The Morgan fingerprint density at radius 1 is 0.921 bits per heavy atom. The van der Waals surface area contributed by atoms with Crippen LogP contribution in [0.5, 0.6) is 0 Å². The van der Waals surface area contributed by atoms with Crippen molar-refractivity contribution in [2.24, 2.45) is 0 Å². The Morgan fingerprint density at radius 2 is 1.68 bits per heavy atom. The van der Waals surface area contributed by atoms with Gasteiger partial charge in [-0.2, -0.15) is 18.2 Å². The van der Waals surface area contributed by atoms with Crippen LogP contribution in [-0.4, -0.2) is 66.2 Å². The first-order valence-corrected chi connectivity index (χ1v) is 13.2. The second-order valence-corrected chi connectivity index (χ2v) is 10.3. The number of rotatable bonds is 5. The number of nitrogens with zero attached hydrogens (tertiary/aromatic N) is 6. The van der Waals surface area contributed by atoms with Gasteiger partial charge in [0.1, 0.15) is 11.6 Å². The number of anilines is 3. The van der Waals surface area contributed by atoms with E-state index in [2.05, 4.69) is 27.1 Å². The summed E-state index contributed by atoms with van der Waals surface area (Å²) in [6.45, 7) is 4.51. The summed E-state index contributed by atoms with van der Waals surface area (Å²) in [6, 6.07) is 7.86. The van der Waals surface area contributed by atoms with Gasteiger partial charge in [0, 0.05) is 64.0 Å². The summed E-state index contributed by atoms with van der Waals surface area (Å²) < 4.78 is 41.1. The van der Waals surface area contributed by atoms with Crippen LogP contribution >= 0.6 is 23.2 Å². The minimum atomic E-state index is -4.49. The van der Waals surface area contributed by atoms with E-state index in [4.69, 9.17) is 33.2 Å². The monoisotopic (exact) mass is 565 g/mol. The van der Waals surface area contributed by atoms with Crippen LogP contribution in [-0.2, 0) is 25.6 Å². The molecular weight excluding hydrogens is 538 g/mol. The number of halogens is 5. The van der Waals surface area contributed by atoms with Gasteiger partial charge in [-0.1, -0.05) is 35.3 Å². The first kappa shape index (κ1) is 26.8. The highest BCUT2D eigenvalue weighted by Gasteiger charge is 2.36. The Hall–Kier alpha value is -2.82. The minimum absolute atomic E-state index is 0.0553. The average Bonchev–Trinajstić information content (AvgIpc) is 3.12. The van der Waals surface area contributed by atoms with Crippen LogP contribution in [0.15, 0.2) is 36.5 Å². The lowest BCUT2D eigenvalue weighted by Gasteiger charge is -2.33. The number of alkyl halides is 3. The fourth-order valence-electron chi connectivity index (χ4n) is 4.83. The number of benzene rings is 1. The Kier molecular flexibility index (Phi) is 7.83. The number of hydrogen-bond donors (Lipinski definition) is 1. The zero-order chi connectivity index (χ0) is 26.9. The van der Waals surface area contributed by atoms with E-state index in [1.165, 1.54) is 12.3 Å². The lowest BCUT2D eigenvalue weighted by molar-refractivity contribution is -0.137. The average molecular weight is 566 g/mol. The van der Waals surface area contributed by atoms with Gasteiger partial charge in [-0.05, 0) is 37.2 Å². The molecule has 0 aliphatic carbocycles. The number of fused-ring (bicyclic) bond motifs is 1. The molecule has 0 radical (unpaired) electrons. The molecule has 0 spiro atoms. The van der Waals surface area contributed by atoms with Crippen LogP contribution in [0.2, 0.25) is 10.0 Å². The lowest BCUT2D eigenvalue weighted by atomic mass is 10.1. The van der Waals surface area contributed by atoms with E-state index in [0.29, 0.717) is 54.3 Å². The fourth-order valence-corrected chi connectivity index (χ4v) is 5.21. The molecule has 4 heterocycles. The third-order valence-electron chi connectivity index (χ3n) is 6.99. The third kappa shape index (κ3) is 5.77. The molecule has 12 heteroatoms. The van der Waals surface area contributed by atoms with Crippen molar-refractivity contribution >= 4 is 40.8 Å². The first-order chi connectivity index (χ1) is 18.2. The molecule has 2 aromatic heterocycles. The van der Waals surface area contributed by atoms with E-state index in [1.54, 1.807) is 11.0 Å². The maximum atomic E-state index is 13.7. The van der Waals surface area contributed by atoms with Crippen molar-refractivity contribution < 1.29 is 13.2 Å². The SMILES string of the molecule is CN1CCN(c2nc3c(c(NCc4cccc(Cl)c4Cl)n2)CCN(c2ncccc2C(F)(F)F)CC3)CC1.